The molecule has 94 valence electrons. The lowest BCUT2D eigenvalue weighted by molar-refractivity contribution is 0.144. The highest BCUT2D eigenvalue weighted by atomic mass is 16.5. The van der Waals surface area contributed by atoms with Gasteiger partial charge in [-0.1, -0.05) is 13.0 Å². The first-order chi connectivity index (χ1) is 8.24. The van der Waals surface area contributed by atoms with E-state index in [2.05, 4.69) is 17.1 Å². The fourth-order valence-electron chi connectivity index (χ4n) is 2.05. The van der Waals surface area contributed by atoms with Crippen LogP contribution in [-0.4, -0.2) is 42.8 Å². The number of rotatable bonds is 5. The summed E-state index contributed by atoms with van der Waals surface area (Å²) < 4.78 is 5.08. The minimum atomic E-state index is 0.315. The summed E-state index contributed by atoms with van der Waals surface area (Å²) >= 11 is 0. The topological polar surface area (TPSA) is 44.7 Å². The van der Waals surface area contributed by atoms with Crippen molar-refractivity contribution >= 4 is 0 Å². The van der Waals surface area contributed by atoms with E-state index in [0.29, 0.717) is 17.5 Å². The molecule has 1 fully saturated rings. The Hall–Kier alpha value is -1.26. The van der Waals surface area contributed by atoms with E-state index in [1.54, 1.807) is 13.2 Å². The Morgan fingerprint density at radius 2 is 2.24 bits per heavy atom. The molecule has 0 saturated carbocycles. The number of hydrogen-bond acceptors (Lipinski definition) is 4. The summed E-state index contributed by atoms with van der Waals surface area (Å²) in [6.07, 6.45) is 0. The first kappa shape index (κ1) is 12.2. The number of nitrogens with one attached hydrogen (secondary N) is 1. The lowest BCUT2D eigenvalue weighted by atomic mass is 10.1. The molecule has 1 heterocycles. The van der Waals surface area contributed by atoms with Crippen LogP contribution in [0.25, 0.3) is 0 Å². The Labute approximate surface area is 102 Å². The van der Waals surface area contributed by atoms with Crippen molar-refractivity contribution in [1.82, 2.24) is 10.2 Å². The molecule has 1 aliphatic rings. The molecule has 4 nitrogen and oxygen atoms in total. The van der Waals surface area contributed by atoms with Crippen LogP contribution in [0.1, 0.15) is 12.5 Å². The third-order valence-electron chi connectivity index (χ3n) is 3.35. The SMILES string of the molecule is CCN(Cc1ccc(OC)cc1O)C1CNC1. The van der Waals surface area contributed by atoms with E-state index >= 15 is 0 Å². The van der Waals surface area contributed by atoms with Crippen LogP contribution in [0.2, 0.25) is 0 Å². The zero-order valence-corrected chi connectivity index (χ0v) is 10.4. The summed E-state index contributed by atoms with van der Waals surface area (Å²) in [6, 6.07) is 6.09. The monoisotopic (exact) mass is 236 g/mol. The van der Waals surface area contributed by atoms with Crippen molar-refractivity contribution in [1.29, 1.82) is 0 Å². The molecule has 0 amide bonds. The van der Waals surface area contributed by atoms with E-state index in [9.17, 15) is 5.11 Å². The molecule has 0 aromatic heterocycles. The Balaban J connectivity index is 2.06. The van der Waals surface area contributed by atoms with Gasteiger partial charge in [-0.25, -0.2) is 0 Å². The average Bonchev–Trinajstić information content (AvgIpc) is 2.28. The molecule has 0 atom stereocenters. The summed E-state index contributed by atoms with van der Waals surface area (Å²) in [5, 5.41) is 13.2. The van der Waals surface area contributed by atoms with E-state index in [1.165, 1.54) is 0 Å². The highest BCUT2D eigenvalue weighted by Crippen LogP contribution is 2.25. The standard InChI is InChI=1S/C13H20N2O2/c1-3-15(11-7-14-8-11)9-10-4-5-12(17-2)6-13(10)16/h4-6,11,14,16H,3,7-9H2,1-2H3. The molecule has 1 aromatic carbocycles. The van der Waals surface area contributed by atoms with Crippen LogP contribution in [0.15, 0.2) is 18.2 Å². The van der Waals surface area contributed by atoms with Gasteiger partial charge >= 0.3 is 0 Å². The molecule has 0 unspecified atom stereocenters. The van der Waals surface area contributed by atoms with Crippen LogP contribution in [0, 0.1) is 0 Å². The predicted octanol–water partition coefficient (Wildman–Crippen LogP) is 1.19. The molecule has 2 rings (SSSR count). The van der Waals surface area contributed by atoms with Gasteiger partial charge in [-0.2, -0.15) is 0 Å². The van der Waals surface area contributed by atoms with Crippen molar-refractivity contribution in [2.24, 2.45) is 0 Å². The van der Waals surface area contributed by atoms with Gasteiger partial charge in [-0.15, -0.1) is 0 Å². The number of phenolic OH excluding ortho intramolecular Hbond substituents is 1. The van der Waals surface area contributed by atoms with Crippen molar-refractivity contribution in [3.8, 4) is 11.5 Å². The van der Waals surface area contributed by atoms with E-state index in [0.717, 1.165) is 31.7 Å². The fourth-order valence-corrected chi connectivity index (χ4v) is 2.05. The number of nitrogens with zero attached hydrogens (tertiary/aromatic N) is 1. The molecule has 4 heteroatoms. The number of likely N-dealkylation sites (N-methyl/N-ethyl adjacent to an activating group) is 1. The molecule has 1 saturated heterocycles. The van der Waals surface area contributed by atoms with Crippen molar-refractivity contribution in [2.45, 2.75) is 19.5 Å². The highest BCUT2D eigenvalue weighted by Gasteiger charge is 2.23. The molecule has 0 aliphatic carbocycles. The zero-order valence-electron chi connectivity index (χ0n) is 10.4. The maximum atomic E-state index is 9.92. The Morgan fingerprint density at radius 1 is 1.47 bits per heavy atom. The van der Waals surface area contributed by atoms with E-state index in [4.69, 9.17) is 4.74 Å². The molecule has 1 aromatic rings. The van der Waals surface area contributed by atoms with Crippen LogP contribution in [0.3, 0.4) is 0 Å². The molecule has 0 bridgehead atoms. The number of benzene rings is 1. The first-order valence-electron chi connectivity index (χ1n) is 6.05. The van der Waals surface area contributed by atoms with Gasteiger partial charge in [0.05, 0.1) is 7.11 Å². The van der Waals surface area contributed by atoms with Gasteiger partial charge < -0.3 is 15.2 Å². The highest BCUT2D eigenvalue weighted by molar-refractivity contribution is 5.39. The largest absolute Gasteiger partial charge is 0.507 e. The maximum absolute atomic E-state index is 9.92. The summed E-state index contributed by atoms with van der Waals surface area (Å²) in [7, 11) is 1.60. The first-order valence-corrected chi connectivity index (χ1v) is 6.05. The number of aromatic hydroxyl groups is 1. The van der Waals surface area contributed by atoms with Crippen molar-refractivity contribution in [2.75, 3.05) is 26.7 Å². The molecule has 1 aliphatic heterocycles. The van der Waals surface area contributed by atoms with Crippen LogP contribution in [0.5, 0.6) is 11.5 Å². The van der Waals surface area contributed by atoms with Crippen LogP contribution in [0.4, 0.5) is 0 Å². The summed E-state index contributed by atoms with van der Waals surface area (Å²) in [5.74, 6) is 1.01. The lowest BCUT2D eigenvalue weighted by Gasteiger charge is -2.37. The maximum Gasteiger partial charge on any atom is 0.123 e. The minimum absolute atomic E-state index is 0.315. The third-order valence-corrected chi connectivity index (χ3v) is 3.35. The molecule has 0 radical (unpaired) electrons. The quantitative estimate of drug-likeness (QED) is 0.806. The number of phenols is 1. The fraction of sp³-hybridized carbons (Fsp3) is 0.538. The second-order valence-electron chi connectivity index (χ2n) is 4.37. The average molecular weight is 236 g/mol. The lowest BCUT2D eigenvalue weighted by Crippen LogP contribution is -2.56. The number of hydrogen-bond donors (Lipinski definition) is 2. The van der Waals surface area contributed by atoms with E-state index < -0.39 is 0 Å². The number of methoxy groups -OCH3 is 1. The Morgan fingerprint density at radius 3 is 2.71 bits per heavy atom. The second-order valence-corrected chi connectivity index (χ2v) is 4.37. The molecule has 0 spiro atoms. The summed E-state index contributed by atoms with van der Waals surface area (Å²) in [5.41, 5.74) is 0.958. The van der Waals surface area contributed by atoms with Gasteiger partial charge in [0.25, 0.3) is 0 Å². The van der Waals surface area contributed by atoms with Gasteiger partial charge in [0.2, 0.25) is 0 Å². The van der Waals surface area contributed by atoms with Gasteiger partial charge in [-0.3, -0.25) is 4.90 Å². The molecule has 17 heavy (non-hydrogen) atoms. The minimum Gasteiger partial charge on any atom is -0.507 e. The normalized spacial score (nSPS) is 15.9. The van der Waals surface area contributed by atoms with Crippen LogP contribution < -0.4 is 10.1 Å². The van der Waals surface area contributed by atoms with Crippen molar-refractivity contribution < 1.29 is 9.84 Å². The van der Waals surface area contributed by atoms with E-state index in [-0.39, 0.29) is 0 Å². The molecule has 2 N–H and O–H groups in total. The second kappa shape index (κ2) is 5.38. The molecular formula is C13H20N2O2. The van der Waals surface area contributed by atoms with E-state index in [1.807, 2.05) is 12.1 Å². The summed E-state index contributed by atoms with van der Waals surface area (Å²) in [4.78, 5) is 2.37. The van der Waals surface area contributed by atoms with Crippen molar-refractivity contribution in [3.05, 3.63) is 23.8 Å². The number of ether oxygens (including phenoxy) is 1. The van der Waals surface area contributed by atoms with Gasteiger partial charge in [0.1, 0.15) is 11.5 Å². The predicted molar refractivity (Wildman–Crippen MR) is 67.4 cm³/mol. The Kier molecular flexibility index (Phi) is 3.86. The van der Waals surface area contributed by atoms with Gasteiger partial charge in [0, 0.05) is 37.3 Å². The summed E-state index contributed by atoms with van der Waals surface area (Å²) in [6.45, 7) is 6.03. The molecular weight excluding hydrogens is 216 g/mol. The van der Waals surface area contributed by atoms with Gasteiger partial charge in [0.15, 0.2) is 0 Å². The Bertz CT molecular complexity index is 378. The van der Waals surface area contributed by atoms with Crippen molar-refractivity contribution in [3.63, 3.8) is 0 Å². The van der Waals surface area contributed by atoms with Crippen LogP contribution in [-0.2, 0) is 6.54 Å². The van der Waals surface area contributed by atoms with Gasteiger partial charge in [-0.05, 0) is 12.6 Å². The van der Waals surface area contributed by atoms with Crippen LogP contribution >= 0.6 is 0 Å². The zero-order chi connectivity index (χ0) is 12.3. The third kappa shape index (κ3) is 2.70. The smallest absolute Gasteiger partial charge is 0.123 e.